The average molecular weight is 258 g/mol. The van der Waals surface area contributed by atoms with Crippen molar-refractivity contribution < 1.29 is 9.59 Å². The van der Waals surface area contributed by atoms with Gasteiger partial charge < -0.3 is 4.90 Å². The molecule has 5 aliphatic rings. The molecule has 4 nitrogen and oxygen atoms in total. The zero-order valence-electron chi connectivity index (χ0n) is 11.6. The lowest BCUT2D eigenvalue weighted by molar-refractivity contribution is -0.186. The van der Waals surface area contributed by atoms with Gasteiger partial charge in [-0.05, 0) is 12.8 Å². The van der Waals surface area contributed by atoms with E-state index >= 15 is 0 Å². The Morgan fingerprint density at radius 3 is 2.53 bits per heavy atom. The molecule has 4 unspecified atom stereocenters. The summed E-state index contributed by atoms with van der Waals surface area (Å²) in [4.78, 5) is 28.2. The first-order valence-corrected chi connectivity index (χ1v) is 6.68. The van der Waals surface area contributed by atoms with E-state index in [9.17, 15) is 9.59 Å². The normalized spacial score (nSPS) is 50.8. The molecule has 100 valence electrons. The highest BCUT2D eigenvalue weighted by Gasteiger charge is 2.91. The van der Waals surface area contributed by atoms with Crippen molar-refractivity contribution in [1.29, 1.82) is 0 Å². The molecule has 4 bridgehead atoms. The summed E-state index contributed by atoms with van der Waals surface area (Å²) in [5.41, 5.74) is 1.12. The predicted molar refractivity (Wildman–Crippen MR) is 70.2 cm³/mol. The van der Waals surface area contributed by atoms with Crippen LogP contribution >= 0.6 is 0 Å². The van der Waals surface area contributed by atoms with Crippen LogP contribution in [0.25, 0.3) is 0 Å². The summed E-state index contributed by atoms with van der Waals surface area (Å²) in [5.74, 6) is 0.131. The monoisotopic (exact) mass is 258 g/mol. The average Bonchev–Trinajstić information content (AvgIpc) is 2.76. The molecule has 0 N–H and O–H groups in total. The fourth-order valence-corrected chi connectivity index (χ4v) is 5.99. The van der Waals surface area contributed by atoms with E-state index in [1.165, 1.54) is 4.90 Å². The van der Waals surface area contributed by atoms with Crippen molar-refractivity contribution in [1.82, 2.24) is 9.80 Å². The quantitative estimate of drug-likeness (QED) is 0.622. The first kappa shape index (κ1) is 11.3. The molecule has 0 aromatic rings. The van der Waals surface area contributed by atoms with Gasteiger partial charge in [-0.2, -0.15) is 0 Å². The zero-order valence-corrected chi connectivity index (χ0v) is 11.6. The molecular weight excluding hydrogens is 240 g/mol. The van der Waals surface area contributed by atoms with Gasteiger partial charge in [-0.15, -0.1) is 0 Å². The number of urea groups is 1. The first-order valence-electron chi connectivity index (χ1n) is 6.68. The number of hydrogen-bond acceptors (Lipinski definition) is 2. The van der Waals surface area contributed by atoms with Gasteiger partial charge in [0.25, 0.3) is 0 Å². The molecule has 4 heteroatoms. The first-order chi connectivity index (χ1) is 8.75. The third kappa shape index (κ3) is 0.669. The minimum absolute atomic E-state index is 0.0531. The van der Waals surface area contributed by atoms with Crippen molar-refractivity contribution in [2.75, 3.05) is 14.1 Å². The van der Waals surface area contributed by atoms with E-state index in [1.54, 1.807) is 11.9 Å². The predicted octanol–water partition coefficient (Wildman–Crippen LogP) is 1.79. The lowest BCUT2D eigenvalue weighted by atomic mass is 9.45. The molecule has 0 aromatic carbocycles. The molecular formula is C15H18N2O2. The fourth-order valence-electron chi connectivity index (χ4n) is 5.99. The number of carbonyl (C=O) groups excluding carboxylic acids is 2. The highest BCUT2D eigenvalue weighted by molar-refractivity contribution is 6.06. The van der Waals surface area contributed by atoms with Crippen LogP contribution in [0.15, 0.2) is 24.3 Å². The van der Waals surface area contributed by atoms with Crippen LogP contribution in [0.2, 0.25) is 0 Å². The van der Waals surface area contributed by atoms with Crippen LogP contribution in [0, 0.1) is 16.7 Å². The van der Waals surface area contributed by atoms with E-state index in [1.807, 2.05) is 7.05 Å². The summed E-state index contributed by atoms with van der Waals surface area (Å²) < 4.78 is 0. The van der Waals surface area contributed by atoms with Crippen LogP contribution in [0.5, 0.6) is 0 Å². The number of imide groups is 1. The molecule has 3 amide bonds. The molecule has 1 aliphatic heterocycles. The number of rotatable bonds is 0. The lowest BCUT2D eigenvalue weighted by Gasteiger charge is -2.67. The molecule has 5 rings (SSSR count). The van der Waals surface area contributed by atoms with E-state index < -0.39 is 11.0 Å². The molecule has 2 spiro atoms. The molecule has 0 aromatic heterocycles. The Bertz CT molecular complexity index is 599. The van der Waals surface area contributed by atoms with Gasteiger partial charge in [-0.3, -0.25) is 9.69 Å². The lowest BCUT2D eigenvalue weighted by Crippen LogP contribution is -2.80. The highest BCUT2D eigenvalue weighted by Crippen LogP contribution is 2.86. The van der Waals surface area contributed by atoms with Gasteiger partial charge >= 0.3 is 6.03 Å². The van der Waals surface area contributed by atoms with Gasteiger partial charge in [-0.25, -0.2) is 4.79 Å². The zero-order chi connectivity index (χ0) is 14.0. The standard InChI is InChI=1S/C15H18N2O2/c1-8-6-15-13(3)7-14(15,9(2)10(8)13)11(18)16(4)12(19)17(15)5/h10H,1-2,6-7H2,3-5H3. The fraction of sp³-hybridized carbons (Fsp3) is 0.600. The van der Waals surface area contributed by atoms with Gasteiger partial charge in [-0.1, -0.05) is 31.2 Å². The summed E-state index contributed by atoms with van der Waals surface area (Å²) in [5, 5.41) is 0. The largest absolute Gasteiger partial charge is 0.326 e. The molecule has 4 atom stereocenters. The van der Waals surface area contributed by atoms with Crippen LogP contribution in [0.3, 0.4) is 0 Å². The third-order valence-corrected chi connectivity index (χ3v) is 6.52. The van der Waals surface area contributed by atoms with E-state index in [4.69, 9.17) is 0 Å². The Balaban J connectivity index is 2.04. The second kappa shape index (κ2) is 2.51. The molecule has 4 aliphatic carbocycles. The second-order valence-corrected chi connectivity index (χ2v) is 6.86. The van der Waals surface area contributed by atoms with Crippen LogP contribution in [-0.4, -0.2) is 41.4 Å². The SMILES string of the molecule is C=C1CC23N(C)C(=O)N(C)C(=O)C24CC3(C)C1C4=C. The maximum atomic E-state index is 12.8. The molecule has 19 heavy (non-hydrogen) atoms. The number of carbonyl (C=O) groups is 2. The molecule has 1 saturated heterocycles. The smallest absolute Gasteiger partial charge is 0.319 e. The summed E-state index contributed by atoms with van der Waals surface area (Å²) >= 11 is 0. The van der Waals surface area contributed by atoms with Crippen LogP contribution < -0.4 is 0 Å². The Morgan fingerprint density at radius 1 is 1.26 bits per heavy atom. The van der Waals surface area contributed by atoms with Gasteiger partial charge in [0.1, 0.15) is 0 Å². The second-order valence-electron chi connectivity index (χ2n) is 6.86. The molecule has 1 heterocycles. The molecule has 5 fully saturated rings. The minimum Gasteiger partial charge on any atom is -0.319 e. The van der Waals surface area contributed by atoms with Crippen molar-refractivity contribution in [3.8, 4) is 0 Å². The summed E-state index contributed by atoms with van der Waals surface area (Å²) in [7, 11) is 3.40. The van der Waals surface area contributed by atoms with Crippen molar-refractivity contribution in [3.05, 3.63) is 24.3 Å². The van der Waals surface area contributed by atoms with E-state index in [2.05, 4.69) is 20.1 Å². The van der Waals surface area contributed by atoms with Gasteiger partial charge in [0.15, 0.2) is 0 Å². The maximum Gasteiger partial charge on any atom is 0.326 e. The van der Waals surface area contributed by atoms with Crippen molar-refractivity contribution in [2.45, 2.75) is 25.3 Å². The Hall–Kier alpha value is -1.58. The number of nitrogens with zero attached hydrogens (tertiary/aromatic N) is 2. The van der Waals surface area contributed by atoms with Crippen molar-refractivity contribution in [2.24, 2.45) is 16.7 Å². The van der Waals surface area contributed by atoms with Gasteiger partial charge in [0.2, 0.25) is 5.91 Å². The van der Waals surface area contributed by atoms with Crippen molar-refractivity contribution in [3.63, 3.8) is 0 Å². The van der Waals surface area contributed by atoms with Gasteiger partial charge in [0, 0.05) is 25.4 Å². The van der Waals surface area contributed by atoms with E-state index in [0.29, 0.717) is 0 Å². The number of amides is 3. The maximum absolute atomic E-state index is 12.8. The molecule has 0 radical (unpaired) electrons. The van der Waals surface area contributed by atoms with Crippen LogP contribution in [0.1, 0.15) is 19.8 Å². The van der Waals surface area contributed by atoms with Crippen LogP contribution in [0.4, 0.5) is 4.79 Å². The molecule has 4 saturated carbocycles. The van der Waals surface area contributed by atoms with Gasteiger partial charge in [0.05, 0.1) is 11.0 Å². The number of hydrogen-bond donors (Lipinski definition) is 0. The van der Waals surface area contributed by atoms with E-state index in [0.717, 1.165) is 24.0 Å². The summed E-state index contributed by atoms with van der Waals surface area (Å²) in [6, 6.07) is -0.199. The summed E-state index contributed by atoms with van der Waals surface area (Å²) in [6.45, 7) is 10.6. The highest BCUT2D eigenvalue weighted by atomic mass is 16.2. The Labute approximate surface area is 112 Å². The van der Waals surface area contributed by atoms with Crippen LogP contribution in [-0.2, 0) is 4.79 Å². The van der Waals surface area contributed by atoms with Crippen molar-refractivity contribution >= 4 is 11.9 Å². The Morgan fingerprint density at radius 2 is 1.89 bits per heavy atom. The third-order valence-electron chi connectivity index (χ3n) is 6.52. The minimum atomic E-state index is -0.551. The van der Waals surface area contributed by atoms with E-state index in [-0.39, 0.29) is 23.3 Å². The topological polar surface area (TPSA) is 40.6 Å². The Kier molecular flexibility index (Phi) is 1.49. The summed E-state index contributed by atoms with van der Waals surface area (Å²) in [6.07, 6.45) is 1.55.